The average molecular weight is 398 g/mol. The predicted molar refractivity (Wildman–Crippen MR) is 109 cm³/mol. The van der Waals surface area contributed by atoms with Gasteiger partial charge in [0.05, 0.1) is 6.61 Å². The van der Waals surface area contributed by atoms with Crippen LogP contribution >= 0.6 is 0 Å². The summed E-state index contributed by atoms with van der Waals surface area (Å²) in [5.74, 6) is 1.00. The molecule has 0 saturated heterocycles. The molecule has 28 heavy (non-hydrogen) atoms. The van der Waals surface area contributed by atoms with Crippen molar-refractivity contribution in [2.75, 3.05) is 13.2 Å². The van der Waals surface area contributed by atoms with Gasteiger partial charge in [0, 0.05) is 24.5 Å². The Kier molecular flexibility index (Phi) is 6.38. The summed E-state index contributed by atoms with van der Waals surface area (Å²) in [4.78, 5) is 8.89. The van der Waals surface area contributed by atoms with E-state index in [0.29, 0.717) is 24.6 Å². The standard InChI is InChI=1S/C21H23N3O3S/c1-3-27-19-10-9-16(2)13-20(19)28(25,26)24-12-11-17-14-22-21(23-15-17)18-7-5-4-6-8-18/h4-10,13-15,24H,3,11-12H2,1-2H3. The smallest absolute Gasteiger partial charge is 0.244 e. The minimum atomic E-state index is -3.67. The Morgan fingerprint density at radius 1 is 1.04 bits per heavy atom. The van der Waals surface area contributed by atoms with Gasteiger partial charge in [-0.25, -0.2) is 23.1 Å². The molecule has 3 aromatic rings. The molecule has 0 aliphatic carbocycles. The highest BCUT2D eigenvalue weighted by Crippen LogP contribution is 2.25. The summed E-state index contributed by atoms with van der Waals surface area (Å²) in [5, 5.41) is 0. The van der Waals surface area contributed by atoms with Crippen molar-refractivity contribution in [1.82, 2.24) is 14.7 Å². The van der Waals surface area contributed by atoms with Crippen LogP contribution in [0, 0.1) is 6.92 Å². The molecule has 0 bridgehead atoms. The first-order chi connectivity index (χ1) is 13.5. The molecule has 146 valence electrons. The van der Waals surface area contributed by atoms with E-state index in [2.05, 4.69) is 14.7 Å². The fraction of sp³-hybridized carbons (Fsp3) is 0.238. The van der Waals surface area contributed by atoms with E-state index in [1.807, 2.05) is 50.2 Å². The summed E-state index contributed by atoms with van der Waals surface area (Å²) in [6.45, 7) is 4.32. The quantitative estimate of drug-likeness (QED) is 0.630. The molecular formula is C21H23N3O3S. The van der Waals surface area contributed by atoms with Crippen LogP contribution in [-0.4, -0.2) is 31.5 Å². The van der Waals surface area contributed by atoms with Gasteiger partial charge in [-0.2, -0.15) is 0 Å². The van der Waals surface area contributed by atoms with Crippen LogP contribution in [0.2, 0.25) is 0 Å². The molecule has 0 unspecified atom stereocenters. The number of hydrogen-bond acceptors (Lipinski definition) is 5. The fourth-order valence-electron chi connectivity index (χ4n) is 2.73. The third-order valence-electron chi connectivity index (χ3n) is 4.13. The monoisotopic (exact) mass is 397 g/mol. The van der Waals surface area contributed by atoms with Crippen LogP contribution in [0.25, 0.3) is 11.4 Å². The van der Waals surface area contributed by atoms with E-state index in [4.69, 9.17) is 4.74 Å². The zero-order valence-corrected chi connectivity index (χ0v) is 16.7. The molecule has 1 N–H and O–H groups in total. The third-order valence-corrected chi connectivity index (χ3v) is 5.61. The molecule has 0 aliphatic heterocycles. The van der Waals surface area contributed by atoms with Gasteiger partial charge in [0.2, 0.25) is 10.0 Å². The summed E-state index contributed by atoms with van der Waals surface area (Å²) in [6, 6.07) is 14.8. The van der Waals surface area contributed by atoms with Crippen LogP contribution in [0.5, 0.6) is 5.75 Å². The SMILES string of the molecule is CCOc1ccc(C)cc1S(=O)(=O)NCCc1cnc(-c2ccccc2)nc1. The summed E-state index contributed by atoms with van der Waals surface area (Å²) in [5.41, 5.74) is 2.66. The van der Waals surface area contributed by atoms with Gasteiger partial charge in [-0.15, -0.1) is 0 Å². The second kappa shape index (κ2) is 8.95. The van der Waals surface area contributed by atoms with Crippen LogP contribution < -0.4 is 9.46 Å². The Morgan fingerprint density at radius 2 is 1.75 bits per heavy atom. The maximum absolute atomic E-state index is 12.7. The Morgan fingerprint density at radius 3 is 2.43 bits per heavy atom. The van der Waals surface area contributed by atoms with Crippen LogP contribution in [0.15, 0.2) is 65.8 Å². The molecule has 0 spiro atoms. The molecule has 0 radical (unpaired) electrons. The Labute approximate surface area is 165 Å². The molecule has 3 rings (SSSR count). The van der Waals surface area contributed by atoms with Crippen LogP contribution in [-0.2, 0) is 16.4 Å². The number of sulfonamides is 1. The zero-order valence-electron chi connectivity index (χ0n) is 15.9. The number of ether oxygens (including phenoxy) is 1. The van der Waals surface area contributed by atoms with E-state index in [-0.39, 0.29) is 11.4 Å². The molecular weight excluding hydrogens is 374 g/mol. The van der Waals surface area contributed by atoms with Crippen molar-refractivity contribution >= 4 is 10.0 Å². The van der Waals surface area contributed by atoms with Gasteiger partial charge >= 0.3 is 0 Å². The van der Waals surface area contributed by atoms with Gasteiger partial charge in [0.25, 0.3) is 0 Å². The minimum Gasteiger partial charge on any atom is -0.492 e. The molecule has 0 atom stereocenters. The van der Waals surface area contributed by atoms with Gasteiger partial charge in [0.1, 0.15) is 10.6 Å². The molecule has 0 saturated carbocycles. The molecule has 2 aromatic carbocycles. The first-order valence-corrected chi connectivity index (χ1v) is 10.6. The topological polar surface area (TPSA) is 81.2 Å². The lowest BCUT2D eigenvalue weighted by Crippen LogP contribution is -2.26. The minimum absolute atomic E-state index is 0.157. The second-order valence-corrected chi connectivity index (χ2v) is 8.05. The van der Waals surface area contributed by atoms with Crippen LogP contribution in [0.3, 0.4) is 0 Å². The normalized spacial score (nSPS) is 11.4. The zero-order chi connectivity index (χ0) is 20.0. The van der Waals surface area contributed by atoms with Crippen molar-refractivity contribution in [3.63, 3.8) is 0 Å². The fourth-order valence-corrected chi connectivity index (χ4v) is 3.99. The van der Waals surface area contributed by atoms with E-state index >= 15 is 0 Å². The van der Waals surface area contributed by atoms with Gasteiger partial charge in [0.15, 0.2) is 5.82 Å². The van der Waals surface area contributed by atoms with E-state index < -0.39 is 10.0 Å². The number of benzene rings is 2. The number of hydrogen-bond donors (Lipinski definition) is 1. The Balaban J connectivity index is 1.65. The van der Waals surface area contributed by atoms with Crippen LogP contribution in [0.1, 0.15) is 18.1 Å². The van der Waals surface area contributed by atoms with E-state index in [1.54, 1.807) is 24.5 Å². The average Bonchev–Trinajstić information content (AvgIpc) is 2.70. The summed E-state index contributed by atoms with van der Waals surface area (Å²) in [6.07, 6.45) is 3.94. The van der Waals surface area contributed by atoms with Gasteiger partial charge in [-0.1, -0.05) is 36.4 Å². The maximum Gasteiger partial charge on any atom is 0.244 e. The summed E-state index contributed by atoms with van der Waals surface area (Å²) < 4.78 is 33.5. The highest BCUT2D eigenvalue weighted by Gasteiger charge is 2.19. The number of nitrogens with one attached hydrogen (secondary N) is 1. The largest absolute Gasteiger partial charge is 0.492 e. The van der Waals surface area contributed by atoms with Gasteiger partial charge in [-0.05, 0) is 43.5 Å². The summed E-state index contributed by atoms with van der Waals surface area (Å²) >= 11 is 0. The predicted octanol–water partition coefficient (Wildman–Crippen LogP) is 3.37. The molecule has 0 fully saturated rings. The number of rotatable bonds is 8. The lowest BCUT2D eigenvalue weighted by Gasteiger charge is -2.12. The van der Waals surface area contributed by atoms with Crippen molar-refractivity contribution in [2.45, 2.75) is 25.2 Å². The van der Waals surface area contributed by atoms with Crippen LogP contribution in [0.4, 0.5) is 0 Å². The van der Waals surface area contributed by atoms with Gasteiger partial charge in [-0.3, -0.25) is 0 Å². The lowest BCUT2D eigenvalue weighted by atomic mass is 10.2. The third kappa shape index (κ3) is 4.94. The lowest BCUT2D eigenvalue weighted by molar-refractivity contribution is 0.331. The Hall–Kier alpha value is -2.77. The van der Waals surface area contributed by atoms with E-state index in [1.165, 1.54) is 0 Å². The van der Waals surface area contributed by atoms with Crippen molar-refractivity contribution < 1.29 is 13.2 Å². The highest BCUT2D eigenvalue weighted by molar-refractivity contribution is 7.89. The van der Waals surface area contributed by atoms with Crippen molar-refractivity contribution in [3.05, 3.63) is 72.1 Å². The van der Waals surface area contributed by atoms with Crippen molar-refractivity contribution in [2.24, 2.45) is 0 Å². The number of nitrogens with zero attached hydrogens (tertiary/aromatic N) is 2. The number of aromatic nitrogens is 2. The molecule has 1 aromatic heterocycles. The highest BCUT2D eigenvalue weighted by atomic mass is 32.2. The Bertz CT molecular complexity index is 1020. The van der Waals surface area contributed by atoms with Crippen molar-refractivity contribution in [3.8, 4) is 17.1 Å². The van der Waals surface area contributed by atoms with E-state index in [9.17, 15) is 8.42 Å². The molecule has 0 aliphatic rings. The molecule has 7 heteroatoms. The molecule has 1 heterocycles. The second-order valence-electron chi connectivity index (χ2n) is 6.31. The maximum atomic E-state index is 12.7. The van der Waals surface area contributed by atoms with Gasteiger partial charge < -0.3 is 4.74 Å². The molecule has 0 amide bonds. The first-order valence-electron chi connectivity index (χ1n) is 9.09. The first kappa shape index (κ1) is 20.0. The van der Waals surface area contributed by atoms with Crippen molar-refractivity contribution in [1.29, 1.82) is 0 Å². The number of aryl methyl sites for hydroxylation is 1. The van der Waals surface area contributed by atoms with E-state index in [0.717, 1.165) is 16.7 Å². The summed E-state index contributed by atoms with van der Waals surface area (Å²) in [7, 11) is -3.67. The molecule has 6 nitrogen and oxygen atoms in total.